The van der Waals surface area contributed by atoms with Crippen molar-refractivity contribution in [2.45, 2.75) is 31.3 Å². The summed E-state index contributed by atoms with van der Waals surface area (Å²) in [5, 5.41) is 0. The third-order valence-electron chi connectivity index (χ3n) is 6.63. The lowest BCUT2D eigenvalue weighted by Gasteiger charge is -2.45. The Morgan fingerprint density at radius 1 is 1.06 bits per heavy atom. The van der Waals surface area contributed by atoms with Crippen molar-refractivity contribution in [1.82, 2.24) is 4.90 Å². The molecule has 2 atom stereocenters. The van der Waals surface area contributed by atoms with E-state index >= 15 is 0 Å². The lowest BCUT2D eigenvalue weighted by molar-refractivity contribution is -0.153. The first kappa shape index (κ1) is 20.3. The Morgan fingerprint density at radius 3 is 2.56 bits per heavy atom. The van der Waals surface area contributed by atoms with Gasteiger partial charge in [0.15, 0.2) is 0 Å². The molecule has 1 aliphatic carbocycles. The van der Waals surface area contributed by atoms with Crippen molar-refractivity contribution >= 4 is 11.9 Å². The third-order valence-corrected chi connectivity index (χ3v) is 6.63. The van der Waals surface area contributed by atoms with Gasteiger partial charge in [0.25, 0.3) is 5.91 Å². The molecule has 1 unspecified atom stereocenters. The first-order chi connectivity index (χ1) is 15.6. The zero-order valence-corrected chi connectivity index (χ0v) is 18.2. The molecule has 162 valence electrons. The second-order valence-electron chi connectivity index (χ2n) is 8.30. The van der Waals surface area contributed by atoms with Crippen molar-refractivity contribution in [3.05, 3.63) is 101 Å². The van der Waals surface area contributed by atoms with Crippen LogP contribution in [0.5, 0.6) is 5.75 Å². The molecule has 0 saturated heterocycles. The summed E-state index contributed by atoms with van der Waals surface area (Å²) in [7, 11) is 1.63. The number of carbonyl (C=O) groups is 2. The molecule has 1 aliphatic heterocycles. The van der Waals surface area contributed by atoms with Crippen LogP contribution in [0.4, 0.5) is 0 Å². The zero-order valence-electron chi connectivity index (χ0n) is 18.2. The fraction of sp³-hybridized carbons (Fsp3) is 0.259. The Bertz CT molecular complexity index is 1190. The maximum Gasteiger partial charge on any atom is 0.319 e. The predicted molar refractivity (Wildman–Crippen MR) is 121 cm³/mol. The number of benzene rings is 3. The van der Waals surface area contributed by atoms with Crippen LogP contribution in [0.25, 0.3) is 0 Å². The van der Waals surface area contributed by atoms with Crippen LogP contribution in [-0.2, 0) is 27.9 Å². The molecular weight excluding hydrogens is 402 g/mol. The molecule has 0 bridgehead atoms. The van der Waals surface area contributed by atoms with Crippen LogP contribution in [0.15, 0.2) is 72.8 Å². The van der Waals surface area contributed by atoms with Crippen molar-refractivity contribution < 1.29 is 19.1 Å². The maximum absolute atomic E-state index is 13.8. The van der Waals surface area contributed by atoms with E-state index in [0.717, 1.165) is 28.0 Å². The standard InChI is InChI=1S/C27H25NO4/c1-3-32-26(30)27-16-19-15-20(31-2)13-14-21(19)24(27)28(17-18-9-5-4-6-10-18)25(29)22-11-7-8-12-23(22)27/h4-15,24H,3,16-17H2,1-2H3/t24?,27-/m0/s1. The summed E-state index contributed by atoms with van der Waals surface area (Å²) in [6.45, 7) is 2.50. The molecule has 3 aromatic rings. The molecule has 2 aliphatic rings. The van der Waals surface area contributed by atoms with Gasteiger partial charge in [-0.3, -0.25) is 9.59 Å². The average Bonchev–Trinajstić information content (AvgIpc) is 3.18. The molecule has 0 spiro atoms. The van der Waals surface area contributed by atoms with Crippen molar-refractivity contribution in [1.29, 1.82) is 0 Å². The summed E-state index contributed by atoms with van der Waals surface area (Å²) >= 11 is 0. The molecule has 1 heterocycles. The minimum atomic E-state index is -0.996. The summed E-state index contributed by atoms with van der Waals surface area (Å²) in [5.74, 6) is 0.367. The Labute approximate surface area is 187 Å². The predicted octanol–water partition coefficient (Wildman–Crippen LogP) is 4.45. The van der Waals surface area contributed by atoms with E-state index in [1.807, 2.05) is 84.6 Å². The van der Waals surface area contributed by atoms with E-state index in [9.17, 15) is 9.59 Å². The number of hydrogen-bond donors (Lipinski definition) is 0. The molecule has 5 nitrogen and oxygen atoms in total. The molecule has 0 radical (unpaired) electrons. The van der Waals surface area contributed by atoms with E-state index in [1.54, 1.807) is 7.11 Å². The number of ether oxygens (including phenoxy) is 2. The molecule has 5 heteroatoms. The fourth-order valence-corrected chi connectivity index (χ4v) is 5.30. The van der Waals surface area contributed by atoms with E-state index in [1.165, 1.54) is 0 Å². The minimum Gasteiger partial charge on any atom is -0.497 e. The molecular formula is C27H25NO4. The summed E-state index contributed by atoms with van der Waals surface area (Å²) in [6.07, 6.45) is 0.457. The van der Waals surface area contributed by atoms with Gasteiger partial charge in [-0.2, -0.15) is 0 Å². The van der Waals surface area contributed by atoms with Crippen LogP contribution in [0.2, 0.25) is 0 Å². The summed E-state index contributed by atoms with van der Waals surface area (Å²) < 4.78 is 11.1. The number of methoxy groups -OCH3 is 1. The highest BCUT2D eigenvalue weighted by Gasteiger charge is 2.61. The van der Waals surface area contributed by atoms with Crippen molar-refractivity contribution in [3.63, 3.8) is 0 Å². The van der Waals surface area contributed by atoms with Gasteiger partial charge >= 0.3 is 5.97 Å². The Morgan fingerprint density at radius 2 is 1.81 bits per heavy atom. The molecule has 0 fully saturated rings. The van der Waals surface area contributed by atoms with E-state index in [2.05, 4.69) is 0 Å². The quantitative estimate of drug-likeness (QED) is 0.565. The summed E-state index contributed by atoms with van der Waals surface area (Å²) in [6, 6.07) is 22.7. The first-order valence-electron chi connectivity index (χ1n) is 10.9. The highest BCUT2D eigenvalue weighted by Crippen LogP contribution is 2.56. The number of hydrogen-bond acceptors (Lipinski definition) is 4. The number of nitrogens with zero attached hydrogens (tertiary/aromatic N) is 1. The van der Waals surface area contributed by atoms with Gasteiger partial charge in [0.1, 0.15) is 11.2 Å². The van der Waals surface area contributed by atoms with Crippen LogP contribution in [0.3, 0.4) is 0 Å². The zero-order chi connectivity index (χ0) is 22.3. The summed E-state index contributed by atoms with van der Waals surface area (Å²) in [5.41, 5.74) is 3.30. The monoisotopic (exact) mass is 427 g/mol. The van der Waals surface area contributed by atoms with E-state index in [4.69, 9.17) is 9.47 Å². The Balaban J connectivity index is 1.76. The van der Waals surface area contributed by atoms with Crippen LogP contribution in [0, 0.1) is 0 Å². The van der Waals surface area contributed by atoms with E-state index < -0.39 is 11.5 Å². The van der Waals surface area contributed by atoms with Gasteiger partial charge in [0.05, 0.1) is 19.8 Å². The number of rotatable bonds is 5. The van der Waals surface area contributed by atoms with Gasteiger partial charge in [-0.15, -0.1) is 0 Å². The molecule has 0 N–H and O–H groups in total. The maximum atomic E-state index is 13.8. The Hall–Kier alpha value is -3.60. The first-order valence-corrected chi connectivity index (χ1v) is 10.9. The molecule has 32 heavy (non-hydrogen) atoms. The SMILES string of the molecule is CCOC(=O)[C@]12Cc3cc(OC)ccc3C1N(Cc1ccccc1)C(=O)c1ccccc12. The Kier molecular flexibility index (Phi) is 4.97. The number of fused-ring (bicyclic) bond motifs is 5. The van der Waals surface area contributed by atoms with E-state index in [0.29, 0.717) is 18.5 Å². The highest BCUT2D eigenvalue weighted by molar-refractivity contribution is 6.03. The lowest BCUT2D eigenvalue weighted by atomic mass is 9.69. The second-order valence-corrected chi connectivity index (χ2v) is 8.30. The van der Waals surface area contributed by atoms with Gasteiger partial charge < -0.3 is 14.4 Å². The van der Waals surface area contributed by atoms with Crippen molar-refractivity contribution in [2.24, 2.45) is 0 Å². The molecule has 1 amide bonds. The molecule has 0 saturated carbocycles. The molecule has 0 aromatic heterocycles. The van der Waals surface area contributed by atoms with Gasteiger partial charge in [-0.25, -0.2) is 0 Å². The third kappa shape index (κ3) is 2.92. The van der Waals surface area contributed by atoms with Crippen LogP contribution in [0.1, 0.15) is 45.6 Å². The molecule has 5 rings (SSSR count). The number of esters is 1. The number of carbonyl (C=O) groups excluding carboxylic acids is 2. The second kappa shape index (κ2) is 7.83. The van der Waals surface area contributed by atoms with Gasteiger partial charge in [-0.1, -0.05) is 54.6 Å². The van der Waals surface area contributed by atoms with E-state index in [-0.39, 0.29) is 18.5 Å². The smallest absolute Gasteiger partial charge is 0.319 e. The van der Waals surface area contributed by atoms with Crippen LogP contribution >= 0.6 is 0 Å². The largest absolute Gasteiger partial charge is 0.497 e. The molecule has 3 aromatic carbocycles. The number of amides is 1. The normalized spacial score (nSPS) is 20.9. The fourth-order valence-electron chi connectivity index (χ4n) is 5.30. The van der Waals surface area contributed by atoms with Gasteiger partial charge in [0, 0.05) is 12.1 Å². The van der Waals surface area contributed by atoms with Gasteiger partial charge in [-0.05, 0) is 53.8 Å². The average molecular weight is 428 g/mol. The van der Waals surface area contributed by atoms with Crippen molar-refractivity contribution in [3.8, 4) is 5.75 Å². The minimum absolute atomic E-state index is 0.0713. The van der Waals surface area contributed by atoms with Crippen LogP contribution in [-0.4, -0.2) is 30.5 Å². The van der Waals surface area contributed by atoms with Crippen LogP contribution < -0.4 is 4.74 Å². The van der Waals surface area contributed by atoms with Gasteiger partial charge in [0.2, 0.25) is 0 Å². The topological polar surface area (TPSA) is 55.8 Å². The summed E-state index contributed by atoms with van der Waals surface area (Å²) in [4.78, 5) is 29.3. The van der Waals surface area contributed by atoms with Crippen molar-refractivity contribution in [2.75, 3.05) is 13.7 Å². The lowest BCUT2D eigenvalue weighted by Crippen LogP contribution is -2.54. The highest BCUT2D eigenvalue weighted by atomic mass is 16.5.